The Hall–Kier alpha value is 0.0900. The average molecular weight is 198 g/mol. The van der Waals surface area contributed by atoms with Crippen molar-refractivity contribution in [3.05, 3.63) is 0 Å². The summed E-state index contributed by atoms with van der Waals surface area (Å²) in [6, 6.07) is 0. The van der Waals surface area contributed by atoms with Crippen LogP contribution in [-0.4, -0.2) is 4.86 Å². The third-order valence-corrected chi connectivity index (χ3v) is 3.32. The van der Waals surface area contributed by atoms with Crippen molar-refractivity contribution in [1.82, 2.24) is 0 Å². The van der Waals surface area contributed by atoms with Crippen molar-refractivity contribution in [1.29, 1.82) is 0 Å². The largest absolute Gasteiger partial charge is 0.0897 e. The summed E-state index contributed by atoms with van der Waals surface area (Å²) in [5, 5.41) is 0. The maximum atomic E-state index is 5.33. The summed E-state index contributed by atoms with van der Waals surface area (Å²) in [5.41, 5.74) is 0. The van der Waals surface area contributed by atoms with Gasteiger partial charge in [0.05, 0.1) is 0 Å². The first-order valence-corrected chi connectivity index (χ1v) is 6.32. The van der Waals surface area contributed by atoms with Crippen molar-refractivity contribution >= 4 is 17.1 Å². The summed E-state index contributed by atoms with van der Waals surface area (Å²) >= 11 is 5.33. The number of thiocarbonyl (C=S) groups is 1. The van der Waals surface area contributed by atoms with Crippen LogP contribution < -0.4 is 0 Å². The van der Waals surface area contributed by atoms with Crippen molar-refractivity contribution in [2.24, 2.45) is 0 Å². The SMILES string of the molecule is S=C1CCCCCCCCCCC1. The van der Waals surface area contributed by atoms with Gasteiger partial charge in [-0.05, 0) is 30.5 Å². The molecule has 0 saturated heterocycles. The van der Waals surface area contributed by atoms with E-state index in [1.54, 1.807) is 0 Å². The van der Waals surface area contributed by atoms with Crippen molar-refractivity contribution in [2.75, 3.05) is 0 Å². The quantitative estimate of drug-likeness (QED) is 0.510. The first-order valence-electron chi connectivity index (χ1n) is 5.91. The van der Waals surface area contributed by atoms with Gasteiger partial charge in [0, 0.05) is 0 Å². The lowest BCUT2D eigenvalue weighted by atomic mass is 10.0. The Morgan fingerprint density at radius 3 is 1.23 bits per heavy atom. The Bertz CT molecular complexity index is 126. The summed E-state index contributed by atoms with van der Waals surface area (Å²) in [4.78, 5) is 1.33. The third kappa shape index (κ3) is 6.20. The molecule has 0 bridgehead atoms. The summed E-state index contributed by atoms with van der Waals surface area (Å²) < 4.78 is 0. The van der Waals surface area contributed by atoms with E-state index in [1.165, 1.54) is 75.5 Å². The van der Waals surface area contributed by atoms with Gasteiger partial charge in [-0.25, -0.2) is 0 Å². The molecule has 1 aliphatic carbocycles. The van der Waals surface area contributed by atoms with Crippen molar-refractivity contribution in [2.45, 2.75) is 70.6 Å². The van der Waals surface area contributed by atoms with E-state index in [1.807, 2.05) is 0 Å². The average Bonchev–Trinajstić information content (AvgIpc) is 2.11. The molecule has 76 valence electrons. The molecular weight excluding hydrogens is 176 g/mol. The zero-order valence-electron chi connectivity index (χ0n) is 8.69. The van der Waals surface area contributed by atoms with Crippen LogP contribution in [0.3, 0.4) is 0 Å². The van der Waals surface area contributed by atoms with Crippen LogP contribution in [0.4, 0.5) is 0 Å². The molecule has 1 rings (SSSR count). The molecular formula is C12H22S. The molecule has 13 heavy (non-hydrogen) atoms. The zero-order valence-corrected chi connectivity index (χ0v) is 9.50. The van der Waals surface area contributed by atoms with E-state index in [0.717, 1.165) is 0 Å². The lowest BCUT2D eigenvalue weighted by Crippen LogP contribution is -1.96. The van der Waals surface area contributed by atoms with Gasteiger partial charge in [-0.15, -0.1) is 0 Å². The lowest BCUT2D eigenvalue weighted by Gasteiger charge is -2.07. The fraction of sp³-hybridized carbons (Fsp3) is 0.917. The Balaban J connectivity index is 2.14. The van der Waals surface area contributed by atoms with Gasteiger partial charge in [-0.1, -0.05) is 57.2 Å². The van der Waals surface area contributed by atoms with Crippen LogP contribution in [0.2, 0.25) is 0 Å². The van der Waals surface area contributed by atoms with Crippen molar-refractivity contribution in [3.63, 3.8) is 0 Å². The topological polar surface area (TPSA) is 0 Å². The Labute approximate surface area is 88.1 Å². The maximum absolute atomic E-state index is 5.33. The molecule has 1 heteroatoms. The van der Waals surface area contributed by atoms with Crippen LogP contribution in [0.15, 0.2) is 0 Å². The van der Waals surface area contributed by atoms with Gasteiger partial charge in [-0.2, -0.15) is 0 Å². The second kappa shape index (κ2) is 7.49. The summed E-state index contributed by atoms with van der Waals surface area (Å²) in [5.74, 6) is 0. The molecule has 0 amide bonds. The van der Waals surface area contributed by atoms with Gasteiger partial charge < -0.3 is 0 Å². The van der Waals surface area contributed by atoms with Gasteiger partial charge in [0.15, 0.2) is 0 Å². The summed E-state index contributed by atoms with van der Waals surface area (Å²) in [7, 11) is 0. The second-order valence-electron chi connectivity index (χ2n) is 4.22. The molecule has 0 aliphatic heterocycles. The van der Waals surface area contributed by atoms with Crippen LogP contribution >= 0.6 is 12.2 Å². The summed E-state index contributed by atoms with van der Waals surface area (Å²) in [6.07, 6.45) is 15.2. The van der Waals surface area contributed by atoms with Crippen LogP contribution in [0.1, 0.15) is 70.6 Å². The Morgan fingerprint density at radius 1 is 0.538 bits per heavy atom. The number of rotatable bonds is 0. The van der Waals surface area contributed by atoms with Crippen LogP contribution in [0, 0.1) is 0 Å². The van der Waals surface area contributed by atoms with E-state index in [-0.39, 0.29) is 0 Å². The molecule has 0 atom stereocenters. The molecule has 0 nitrogen and oxygen atoms in total. The van der Waals surface area contributed by atoms with Gasteiger partial charge in [0.2, 0.25) is 0 Å². The zero-order chi connectivity index (χ0) is 9.36. The Morgan fingerprint density at radius 2 is 0.846 bits per heavy atom. The van der Waals surface area contributed by atoms with Gasteiger partial charge >= 0.3 is 0 Å². The molecule has 0 radical (unpaired) electrons. The Kier molecular flexibility index (Phi) is 6.43. The molecule has 0 aromatic rings. The first-order chi connectivity index (χ1) is 6.39. The smallest absolute Gasteiger partial charge is 0.00715 e. The fourth-order valence-electron chi connectivity index (χ4n) is 2.01. The molecule has 1 fully saturated rings. The standard InChI is InChI=1S/C12H22S/c13-12-10-8-6-4-2-1-3-5-7-9-11-12/h1-11H2. The highest BCUT2D eigenvalue weighted by molar-refractivity contribution is 7.80. The fourth-order valence-corrected chi connectivity index (χ4v) is 2.30. The minimum Gasteiger partial charge on any atom is -0.0897 e. The highest BCUT2D eigenvalue weighted by Gasteiger charge is 2.00. The van der Waals surface area contributed by atoms with Crippen LogP contribution in [0.5, 0.6) is 0 Å². The molecule has 0 N–H and O–H groups in total. The third-order valence-electron chi connectivity index (χ3n) is 2.91. The monoisotopic (exact) mass is 198 g/mol. The van der Waals surface area contributed by atoms with Gasteiger partial charge in [-0.3, -0.25) is 0 Å². The van der Waals surface area contributed by atoms with E-state index < -0.39 is 0 Å². The normalized spacial score (nSPS) is 23.2. The van der Waals surface area contributed by atoms with E-state index in [0.29, 0.717) is 0 Å². The van der Waals surface area contributed by atoms with E-state index in [9.17, 15) is 0 Å². The van der Waals surface area contributed by atoms with E-state index in [2.05, 4.69) is 0 Å². The number of hydrogen-bond acceptors (Lipinski definition) is 1. The number of hydrogen-bond donors (Lipinski definition) is 0. The van der Waals surface area contributed by atoms with Gasteiger partial charge in [0.25, 0.3) is 0 Å². The predicted octanol–water partition coefficient (Wildman–Crippen LogP) is 4.66. The molecule has 0 heterocycles. The minimum absolute atomic E-state index is 1.22. The molecule has 0 aromatic carbocycles. The molecule has 1 aliphatic rings. The molecule has 0 aromatic heterocycles. The van der Waals surface area contributed by atoms with Gasteiger partial charge in [0.1, 0.15) is 0 Å². The minimum atomic E-state index is 1.22. The molecule has 1 saturated carbocycles. The first kappa shape index (κ1) is 11.2. The van der Waals surface area contributed by atoms with E-state index in [4.69, 9.17) is 12.2 Å². The van der Waals surface area contributed by atoms with Crippen molar-refractivity contribution in [3.8, 4) is 0 Å². The molecule has 0 spiro atoms. The highest BCUT2D eigenvalue weighted by atomic mass is 32.1. The molecule has 0 unspecified atom stereocenters. The van der Waals surface area contributed by atoms with Crippen molar-refractivity contribution < 1.29 is 0 Å². The predicted molar refractivity (Wildman–Crippen MR) is 63.4 cm³/mol. The van der Waals surface area contributed by atoms with E-state index >= 15 is 0 Å². The maximum Gasteiger partial charge on any atom is -0.00715 e. The highest BCUT2D eigenvalue weighted by Crippen LogP contribution is 2.15. The van der Waals surface area contributed by atoms with Crippen LogP contribution in [0.25, 0.3) is 0 Å². The van der Waals surface area contributed by atoms with Crippen LogP contribution in [-0.2, 0) is 0 Å². The lowest BCUT2D eigenvalue weighted by molar-refractivity contribution is 0.557. The summed E-state index contributed by atoms with van der Waals surface area (Å²) in [6.45, 7) is 0. The second-order valence-corrected chi connectivity index (χ2v) is 4.80.